The lowest BCUT2D eigenvalue weighted by Crippen LogP contribution is -2.22. The van der Waals surface area contributed by atoms with Crippen molar-refractivity contribution >= 4 is 11.6 Å². The zero-order valence-corrected chi connectivity index (χ0v) is 11.0. The van der Waals surface area contributed by atoms with Crippen molar-refractivity contribution in [3.63, 3.8) is 0 Å². The molecule has 0 heterocycles. The van der Waals surface area contributed by atoms with Gasteiger partial charge in [0.2, 0.25) is 0 Å². The Labute approximate surface area is 112 Å². The Hall–Kier alpha value is -1.34. The van der Waals surface area contributed by atoms with Crippen LogP contribution in [-0.2, 0) is 5.41 Å². The van der Waals surface area contributed by atoms with Gasteiger partial charge < -0.3 is 0 Å². The average molecular weight is 262 g/mol. The fourth-order valence-corrected chi connectivity index (χ4v) is 2.28. The molecule has 0 aliphatic heterocycles. The number of rotatable bonds is 3. The molecule has 0 aliphatic rings. The number of halogens is 2. The molecular weight excluding hydrogens is 247 g/mol. The van der Waals surface area contributed by atoms with Crippen molar-refractivity contribution in [2.24, 2.45) is 0 Å². The Kier molecular flexibility index (Phi) is 3.72. The molecule has 0 aromatic heterocycles. The molecule has 1 atom stereocenters. The maximum absolute atomic E-state index is 13.2. The van der Waals surface area contributed by atoms with Gasteiger partial charge in [-0.25, -0.2) is 4.39 Å². The maximum Gasteiger partial charge on any atom is 0.141 e. The fourth-order valence-electron chi connectivity index (χ4n) is 2.10. The molecule has 2 aromatic carbocycles. The van der Waals surface area contributed by atoms with Gasteiger partial charge in [0.25, 0.3) is 0 Å². The Bertz CT molecular complexity index is 536. The smallest absolute Gasteiger partial charge is 0.141 e. The number of hydrogen-bond donors (Lipinski definition) is 0. The van der Waals surface area contributed by atoms with Crippen LogP contribution in [0.4, 0.5) is 4.39 Å². The third kappa shape index (κ3) is 2.28. The molecule has 0 spiro atoms. The van der Waals surface area contributed by atoms with Gasteiger partial charge in [0.15, 0.2) is 0 Å². The summed E-state index contributed by atoms with van der Waals surface area (Å²) in [6, 6.07) is 15.0. The second-order valence-electron chi connectivity index (χ2n) is 4.58. The first-order chi connectivity index (χ1) is 8.58. The van der Waals surface area contributed by atoms with Gasteiger partial charge in [-0.15, -0.1) is 0 Å². The van der Waals surface area contributed by atoms with Crippen LogP contribution in [0.3, 0.4) is 0 Å². The molecule has 0 nitrogen and oxygen atoms in total. The normalized spacial score (nSPS) is 14.2. The molecule has 1 unspecified atom stereocenters. The lowest BCUT2D eigenvalue weighted by Gasteiger charge is -2.29. The highest BCUT2D eigenvalue weighted by molar-refractivity contribution is 6.30. The van der Waals surface area contributed by atoms with E-state index in [1.54, 1.807) is 12.1 Å². The summed E-state index contributed by atoms with van der Waals surface area (Å²) < 4.78 is 13.2. The molecule has 0 amide bonds. The predicted octanol–water partition coefficient (Wildman–Crippen LogP) is 5.01. The van der Waals surface area contributed by atoms with Crippen LogP contribution in [0.2, 0.25) is 5.02 Å². The minimum atomic E-state index is -0.389. The fraction of sp³-hybridized carbons (Fsp3) is 0.188. The van der Waals surface area contributed by atoms with Gasteiger partial charge in [-0.05, 0) is 29.7 Å². The van der Waals surface area contributed by atoms with E-state index in [-0.39, 0.29) is 16.3 Å². The van der Waals surface area contributed by atoms with Gasteiger partial charge in [0.1, 0.15) is 5.82 Å². The molecule has 0 fully saturated rings. The van der Waals surface area contributed by atoms with Crippen LogP contribution < -0.4 is 0 Å². The summed E-state index contributed by atoms with van der Waals surface area (Å²) in [5, 5.41) is 0.156. The third-order valence-electron chi connectivity index (χ3n) is 3.47. The molecule has 0 aliphatic carbocycles. The molecule has 0 saturated carbocycles. The van der Waals surface area contributed by atoms with E-state index in [2.05, 4.69) is 26.0 Å². The van der Waals surface area contributed by atoms with Gasteiger partial charge in [-0.1, -0.05) is 61.8 Å². The predicted molar refractivity (Wildman–Crippen MR) is 74.3 cm³/mol. The van der Waals surface area contributed by atoms with Crippen molar-refractivity contribution in [3.8, 4) is 0 Å². The Balaban J connectivity index is 2.53. The van der Waals surface area contributed by atoms with E-state index in [0.29, 0.717) is 6.42 Å². The lowest BCUT2D eigenvalue weighted by atomic mass is 9.74. The molecular formula is C16H15ClF. The van der Waals surface area contributed by atoms with Gasteiger partial charge >= 0.3 is 0 Å². The molecule has 0 N–H and O–H groups in total. The van der Waals surface area contributed by atoms with Crippen molar-refractivity contribution in [3.05, 3.63) is 77.4 Å². The van der Waals surface area contributed by atoms with E-state index in [1.807, 2.05) is 18.2 Å². The largest absolute Gasteiger partial charge is 0.205 e. The first-order valence-corrected chi connectivity index (χ1v) is 6.26. The van der Waals surface area contributed by atoms with Gasteiger partial charge in [0.05, 0.1) is 5.02 Å². The summed E-state index contributed by atoms with van der Waals surface area (Å²) >= 11 is 5.87. The van der Waals surface area contributed by atoms with E-state index in [0.717, 1.165) is 11.1 Å². The van der Waals surface area contributed by atoms with Crippen LogP contribution in [0.1, 0.15) is 24.5 Å². The van der Waals surface area contributed by atoms with Crippen LogP contribution >= 0.6 is 11.6 Å². The molecule has 2 heteroatoms. The average Bonchev–Trinajstić information content (AvgIpc) is 2.42. The standard InChI is InChI=1S/C16H15ClF/c1-3-16(2,12-7-5-4-6-8-12)13-9-10-15(18)14(17)11-13/h4-11H,1,3H2,2H3. The second-order valence-corrected chi connectivity index (χ2v) is 4.98. The molecule has 0 saturated heterocycles. The summed E-state index contributed by atoms with van der Waals surface area (Å²) in [7, 11) is 0. The third-order valence-corrected chi connectivity index (χ3v) is 3.76. The van der Waals surface area contributed by atoms with Crippen LogP contribution in [0, 0.1) is 12.7 Å². The van der Waals surface area contributed by atoms with Crippen molar-refractivity contribution < 1.29 is 4.39 Å². The second kappa shape index (κ2) is 5.11. The Morgan fingerprint density at radius 1 is 1.11 bits per heavy atom. The monoisotopic (exact) mass is 261 g/mol. The minimum absolute atomic E-state index is 0.156. The summed E-state index contributed by atoms with van der Waals surface area (Å²) in [5.74, 6) is -0.389. The Morgan fingerprint density at radius 2 is 1.78 bits per heavy atom. The van der Waals surface area contributed by atoms with E-state index in [9.17, 15) is 4.39 Å². The summed E-state index contributed by atoms with van der Waals surface area (Å²) in [5.41, 5.74) is 1.89. The van der Waals surface area contributed by atoms with Crippen LogP contribution in [0.15, 0.2) is 48.5 Å². The van der Waals surface area contributed by atoms with Crippen molar-refractivity contribution in [2.45, 2.75) is 18.8 Å². The number of hydrogen-bond acceptors (Lipinski definition) is 0. The van der Waals surface area contributed by atoms with Crippen LogP contribution in [0.25, 0.3) is 0 Å². The lowest BCUT2D eigenvalue weighted by molar-refractivity contribution is 0.573. The quantitative estimate of drug-likeness (QED) is 0.729. The maximum atomic E-state index is 13.2. The zero-order chi connectivity index (χ0) is 13.2. The van der Waals surface area contributed by atoms with Crippen molar-refractivity contribution in [2.75, 3.05) is 0 Å². The summed E-state index contributed by atoms with van der Waals surface area (Å²) in [4.78, 5) is 0. The first kappa shape index (κ1) is 13.1. The minimum Gasteiger partial charge on any atom is -0.205 e. The van der Waals surface area contributed by atoms with Crippen LogP contribution in [0.5, 0.6) is 0 Å². The highest BCUT2D eigenvalue weighted by Crippen LogP contribution is 2.36. The van der Waals surface area contributed by atoms with E-state index < -0.39 is 0 Å². The highest BCUT2D eigenvalue weighted by Gasteiger charge is 2.27. The molecule has 0 bridgehead atoms. The van der Waals surface area contributed by atoms with Crippen molar-refractivity contribution in [1.82, 2.24) is 0 Å². The van der Waals surface area contributed by atoms with Gasteiger partial charge in [-0.2, -0.15) is 0 Å². The molecule has 2 aromatic rings. The topological polar surface area (TPSA) is 0 Å². The molecule has 2 rings (SSSR count). The van der Waals surface area contributed by atoms with Crippen LogP contribution in [-0.4, -0.2) is 0 Å². The molecule has 1 radical (unpaired) electrons. The van der Waals surface area contributed by atoms with Gasteiger partial charge in [0, 0.05) is 5.41 Å². The number of benzene rings is 2. The van der Waals surface area contributed by atoms with E-state index in [4.69, 9.17) is 11.6 Å². The van der Waals surface area contributed by atoms with E-state index >= 15 is 0 Å². The highest BCUT2D eigenvalue weighted by atomic mass is 35.5. The van der Waals surface area contributed by atoms with Gasteiger partial charge in [-0.3, -0.25) is 0 Å². The van der Waals surface area contributed by atoms with Crippen molar-refractivity contribution in [1.29, 1.82) is 0 Å². The Morgan fingerprint density at radius 3 is 2.33 bits per heavy atom. The SMILES string of the molecule is [CH2]CC(C)(c1ccccc1)c1ccc(F)c(Cl)c1. The molecule has 93 valence electrons. The molecule has 18 heavy (non-hydrogen) atoms. The summed E-state index contributed by atoms with van der Waals surface area (Å²) in [6.07, 6.45) is 0.680. The van der Waals surface area contributed by atoms with E-state index in [1.165, 1.54) is 6.07 Å². The first-order valence-electron chi connectivity index (χ1n) is 5.88. The summed E-state index contributed by atoms with van der Waals surface area (Å²) in [6.45, 7) is 6.12. The zero-order valence-electron chi connectivity index (χ0n) is 10.3.